The number of nitrogens with zero attached hydrogens (tertiary/aromatic N) is 1. The first kappa shape index (κ1) is 13.1. The maximum absolute atomic E-state index is 12.0. The highest BCUT2D eigenvalue weighted by atomic mass is 16.3. The van der Waals surface area contributed by atoms with Crippen molar-refractivity contribution >= 4 is 11.7 Å². The predicted molar refractivity (Wildman–Crippen MR) is 74.5 cm³/mol. The summed E-state index contributed by atoms with van der Waals surface area (Å²) in [6.45, 7) is 5.60. The molecule has 0 atom stereocenters. The lowest BCUT2D eigenvalue weighted by Crippen LogP contribution is -2.13. The third-order valence-electron chi connectivity index (χ3n) is 2.81. The number of pyridine rings is 1. The van der Waals surface area contributed by atoms with Gasteiger partial charge in [0.25, 0.3) is 5.91 Å². The van der Waals surface area contributed by atoms with Crippen LogP contribution in [0.1, 0.15) is 27.2 Å². The summed E-state index contributed by atoms with van der Waals surface area (Å²) in [6.07, 6.45) is 0. The van der Waals surface area contributed by atoms with Gasteiger partial charge in [-0.25, -0.2) is 4.98 Å². The summed E-state index contributed by atoms with van der Waals surface area (Å²) in [5, 5.41) is 12.3. The molecule has 0 spiro atoms. The SMILES string of the molecule is Cc1cc(C)nc(NC(=O)c2ccc(C)c(O)c2)c1. The highest BCUT2D eigenvalue weighted by Crippen LogP contribution is 2.18. The van der Waals surface area contributed by atoms with Crippen molar-refractivity contribution in [2.24, 2.45) is 0 Å². The largest absolute Gasteiger partial charge is 0.508 e. The Labute approximate surface area is 112 Å². The van der Waals surface area contributed by atoms with Crippen molar-refractivity contribution in [1.82, 2.24) is 4.98 Å². The molecular weight excluding hydrogens is 240 g/mol. The number of phenols is 1. The number of carbonyl (C=O) groups excluding carboxylic acids is 1. The zero-order valence-electron chi connectivity index (χ0n) is 11.2. The standard InChI is InChI=1S/C15H16N2O2/c1-9-6-11(3)16-14(7-9)17-15(19)12-5-4-10(2)13(18)8-12/h4-8,18H,1-3H3,(H,16,17,19). The Balaban J connectivity index is 2.22. The first-order valence-corrected chi connectivity index (χ1v) is 6.02. The molecule has 2 aromatic rings. The van der Waals surface area contributed by atoms with E-state index in [2.05, 4.69) is 10.3 Å². The molecule has 0 radical (unpaired) electrons. The Bertz CT molecular complexity index is 616. The summed E-state index contributed by atoms with van der Waals surface area (Å²) in [5.41, 5.74) is 3.03. The van der Waals surface area contributed by atoms with Crippen molar-refractivity contribution in [3.8, 4) is 5.75 Å². The van der Waals surface area contributed by atoms with Gasteiger partial charge >= 0.3 is 0 Å². The molecule has 0 aliphatic carbocycles. The molecule has 2 rings (SSSR count). The number of nitrogens with one attached hydrogen (secondary N) is 1. The predicted octanol–water partition coefficient (Wildman–Crippen LogP) is 2.96. The molecule has 1 amide bonds. The van der Waals surface area contributed by atoms with Gasteiger partial charge in [-0.1, -0.05) is 6.07 Å². The molecule has 98 valence electrons. The second-order valence-corrected chi connectivity index (χ2v) is 4.63. The van der Waals surface area contributed by atoms with Crippen molar-refractivity contribution in [2.45, 2.75) is 20.8 Å². The third kappa shape index (κ3) is 3.10. The van der Waals surface area contributed by atoms with Gasteiger partial charge in [0.2, 0.25) is 0 Å². The topological polar surface area (TPSA) is 62.2 Å². The number of carbonyl (C=O) groups is 1. The molecule has 4 heteroatoms. The van der Waals surface area contributed by atoms with Crippen LogP contribution >= 0.6 is 0 Å². The van der Waals surface area contributed by atoms with E-state index in [1.165, 1.54) is 6.07 Å². The van der Waals surface area contributed by atoms with Gasteiger partial charge in [-0.3, -0.25) is 4.79 Å². The summed E-state index contributed by atoms with van der Waals surface area (Å²) >= 11 is 0. The minimum absolute atomic E-state index is 0.112. The monoisotopic (exact) mass is 256 g/mol. The maximum atomic E-state index is 12.0. The lowest BCUT2D eigenvalue weighted by molar-refractivity contribution is 0.102. The third-order valence-corrected chi connectivity index (χ3v) is 2.81. The van der Waals surface area contributed by atoms with Gasteiger partial charge in [-0.2, -0.15) is 0 Å². The fourth-order valence-corrected chi connectivity index (χ4v) is 1.84. The minimum Gasteiger partial charge on any atom is -0.508 e. The van der Waals surface area contributed by atoms with Crippen LogP contribution in [-0.2, 0) is 0 Å². The van der Waals surface area contributed by atoms with E-state index in [1.807, 2.05) is 19.9 Å². The lowest BCUT2D eigenvalue weighted by atomic mass is 10.1. The molecule has 1 aromatic carbocycles. The Kier molecular flexibility index (Phi) is 3.51. The molecule has 0 saturated heterocycles. The van der Waals surface area contributed by atoms with E-state index in [-0.39, 0.29) is 11.7 Å². The molecule has 0 unspecified atom stereocenters. The summed E-state index contributed by atoms with van der Waals surface area (Å²) in [6, 6.07) is 8.58. The average molecular weight is 256 g/mol. The number of hydrogen-bond donors (Lipinski definition) is 2. The average Bonchev–Trinajstić information content (AvgIpc) is 2.31. The summed E-state index contributed by atoms with van der Waals surface area (Å²) in [4.78, 5) is 16.3. The van der Waals surface area contributed by atoms with Gasteiger partial charge in [0.05, 0.1) is 0 Å². The number of rotatable bonds is 2. The van der Waals surface area contributed by atoms with Gasteiger partial charge in [0, 0.05) is 11.3 Å². The van der Waals surface area contributed by atoms with Crippen molar-refractivity contribution in [3.63, 3.8) is 0 Å². The number of phenolic OH excluding ortho intramolecular Hbond substituents is 1. The Hall–Kier alpha value is -2.36. The highest BCUT2D eigenvalue weighted by molar-refractivity contribution is 6.04. The summed E-state index contributed by atoms with van der Waals surface area (Å²) in [7, 11) is 0. The molecule has 0 bridgehead atoms. The van der Waals surface area contributed by atoms with Gasteiger partial charge in [0.15, 0.2) is 0 Å². The van der Waals surface area contributed by atoms with E-state index >= 15 is 0 Å². The van der Waals surface area contributed by atoms with Crippen molar-refractivity contribution in [2.75, 3.05) is 5.32 Å². The van der Waals surface area contributed by atoms with Gasteiger partial charge in [-0.15, -0.1) is 0 Å². The minimum atomic E-state index is -0.284. The van der Waals surface area contributed by atoms with Gasteiger partial charge in [0.1, 0.15) is 11.6 Å². The quantitative estimate of drug-likeness (QED) is 0.868. The van der Waals surface area contributed by atoms with Crippen LogP contribution in [0.3, 0.4) is 0 Å². The molecule has 19 heavy (non-hydrogen) atoms. The van der Waals surface area contributed by atoms with Gasteiger partial charge in [-0.05, 0) is 56.2 Å². The van der Waals surface area contributed by atoms with Crippen LogP contribution in [0.2, 0.25) is 0 Å². The number of benzene rings is 1. The van der Waals surface area contributed by atoms with Crippen LogP contribution in [0.25, 0.3) is 0 Å². The number of amides is 1. The van der Waals surface area contributed by atoms with Crippen molar-refractivity contribution in [3.05, 3.63) is 52.7 Å². The van der Waals surface area contributed by atoms with E-state index < -0.39 is 0 Å². The van der Waals surface area contributed by atoms with Gasteiger partial charge < -0.3 is 10.4 Å². The summed E-state index contributed by atoms with van der Waals surface area (Å²) < 4.78 is 0. The molecule has 4 nitrogen and oxygen atoms in total. The van der Waals surface area contributed by atoms with Crippen LogP contribution in [0.15, 0.2) is 30.3 Å². The number of aromatic hydroxyl groups is 1. The fraction of sp³-hybridized carbons (Fsp3) is 0.200. The van der Waals surface area contributed by atoms with E-state index in [4.69, 9.17) is 0 Å². The Morgan fingerprint density at radius 1 is 1.16 bits per heavy atom. The van der Waals surface area contributed by atoms with Crippen LogP contribution in [0, 0.1) is 20.8 Å². The molecule has 0 saturated carbocycles. The fourth-order valence-electron chi connectivity index (χ4n) is 1.84. The maximum Gasteiger partial charge on any atom is 0.256 e. The molecule has 1 aromatic heterocycles. The van der Waals surface area contributed by atoms with E-state index in [0.717, 1.165) is 16.8 Å². The van der Waals surface area contributed by atoms with E-state index in [1.54, 1.807) is 25.1 Å². The molecule has 0 fully saturated rings. The normalized spacial score (nSPS) is 10.3. The van der Waals surface area contributed by atoms with Crippen LogP contribution in [-0.4, -0.2) is 16.0 Å². The second kappa shape index (κ2) is 5.10. The molecule has 1 heterocycles. The van der Waals surface area contributed by atoms with Crippen molar-refractivity contribution < 1.29 is 9.90 Å². The number of hydrogen-bond acceptors (Lipinski definition) is 3. The summed E-state index contributed by atoms with van der Waals surface area (Å²) in [5.74, 6) is 0.344. The highest BCUT2D eigenvalue weighted by Gasteiger charge is 2.09. The molecule has 2 N–H and O–H groups in total. The Morgan fingerprint density at radius 3 is 2.53 bits per heavy atom. The van der Waals surface area contributed by atoms with Crippen LogP contribution < -0.4 is 5.32 Å². The molecule has 0 aliphatic rings. The van der Waals surface area contributed by atoms with E-state index in [9.17, 15) is 9.90 Å². The first-order chi connectivity index (χ1) is 8.95. The van der Waals surface area contributed by atoms with Crippen LogP contribution in [0.4, 0.5) is 5.82 Å². The Morgan fingerprint density at radius 2 is 1.89 bits per heavy atom. The molecule has 0 aliphatic heterocycles. The number of aromatic nitrogens is 1. The van der Waals surface area contributed by atoms with Crippen LogP contribution in [0.5, 0.6) is 5.75 Å². The number of aryl methyl sites for hydroxylation is 3. The lowest BCUT2D eigenvalue weighted by Gasteiger charge is -2.07. The zero-order chi connectivity index (χ0) is 14.0. The zero-order valence-corrected chi connectivity index (χ0v) is 11.2. The van der Waals surface area contributed by atoms with Crippen molar-refractivity contribution in [1.29, 1.82) is 0 Å². The first-order valence-electron chi connectivity index (χ1n) is 6.02. The molecular formula is C15H16N2O2. The smallest absolute Gasteiger partial charge is 0.256 e. The number of anilines is 1. The van der Waals surface area contributed by atoms with E-state index in [0.29, 0.717) is 11.4 Å². The second-order valence-electron chi connectivity index (χ2n) is 4.63.